The van der Waals surface area contributed by atoms with E-state index in [1.165, 1.54) is 18.7 Å². The SMILES string of the molecule is CC(=O)/N=C(/NCC(C)(O)C(F)(F)F)SC(C)C(C)C. The summed E-state index contributed by atoms with van der Waals surface area (Å²) in [6.45, 7) is 6.91. The first-order valence-electron chi connectivity index (χ1n) is 6.15. The molecule has 0 saturated heterocycles. The minimum atomic E-state index is -4.75. The molecule has 2 unspecified atom stereocenters. The van der Waals surface area contributed by atoms with E-state index in [1.807, 2.05) is 20.8 Å². The predicted molar refractivity (Wildman–Crippen MR) is 74.7 cm³/mol. The van der Waals surface area contributed by atoms with Crippen LogP contribution in [-0.2, 0) is 4.79 Å². The molecule has 8 heteroatoms. The number of hydrogen-bond donors (Lipinski definition) is 2. The Hall–Kier alpha value is -0.760. The molecule has 0 spiro atoms. The topological polar surface area (TPSA) is 61.7 Å². The zero-order chi connectivity index (χ0) is 16.1. The van der Waals surface area contributed by atoms with Gasteiger partial charge >= 0.3 is 6.18 Å². The number of nitrogens with one attached hydrogen (secondary N) is 1. The molecule has 0 aromatic carbocycles. The Morgan fingerprint density at radius 3 is 2.20 bits per heavy atom. The van der Waals surface area contributed by atoms with Crippen molar-refractivity contribution in [1.82, 2.24) is 5.32 Å². The van der Waals surface area contributed by atoms with Crippen molar-refractivity contribution in [3.8, 4) is 0 Å². The molecule has 0 fully saturated rings. The molecule has 0 radical (unpaired) electrons. The van der Waals surface area contributed by atoms with E-state index in [1.54, 1.807) is 0 Å². The fourth-order valence-corrected chi connectivity index (χ4v) is 1.87. The monoisotopic (exact) mass is 314 g/mol. The van der Waals surface area contributed by atoms with Crippen LogP contribution in [0.15, 0.2) is 4.99 Å². The minimum absolute atomic E-state index is 0.0661. The Labute approximate surface area is 121 Å². The van der Waals surface area contributed by atoms with Gasteiger partial charge in [0.25, 0.3) is 0 Å². The van der Waals surface area contributed by atoms with Crippen molar-refractivity contribution in [3.63, 3.8) is 0 Å². The molecule has 20 heavy (non-hydrogen) atoms. The van der Waals surface area contributed by atoms with Gasteiger partial charge in [-0.1, -0.05) is 32.5 Å². The van der Waals surface area contributed by atoms with Crippen LogP contribution in [0.5, 0.6) is 0 Å². The van der Waals surface area contributed by atoms with Gasteiger partial charge in [0.05, 0.1) is 6.54 Å². The van der Waals surface area contributed by atoms with Gasteiger partial charge in [-0.3, -0.25) is 4.79 Å². The van der Waals surface area contributed by atoms with Gasteiger partial charge in [-0.2, -0.15) is 18.2 Å². The maximum Gasteiger partial charge on any atom is 0.418 e. The summed E-state index contributed by atoms with van der Waals surface area (Å²) in [6.07, 6.45) is -4.75. The van der Waals surface area contributed by atoms with Crippen LogP contribution >= 0.6 is 11.8 Å². The highest BCUT2D eigenvalue weighted by atomic mass is 32.2. The van der Waals surface area contributed by atoms with Crippen molar-refractivity contribution >= 4 is 22.8 Å². The van der Waals surface area contributed by atoms with E-state index in [0.717, 1.165) is 0 Å². The number of amidine groups is 1. The number of rotatable bonds is 4. The summed E-state index contributed by atoms with van der Waals surface area (Å²) in [6, 6.07) is 0. The van der Waals surface area contributed by atoms with Crippen LogP contribution in [0.4, 0.5) is 13.2 Å². The zero-order valence-electron chi connectivity index (χ0n) is 12.2. The van der Waals surface area contributed by atoms with Gasteiger partial charge in [0.2, 0.25) is 5.91 Å². The minimum Gasteiger partial charge on any atom is -0.379 e. The lowest BCUT2D eigenvalue weighted by atomic mass is 10.1. The second-order valence-corrected chi connectivity index (χ2v) is 6.49. The number of aliphatic hydroxyl groups is 1. The lowest BCUT2D eigenvalue weighted by molar-refractivity contribution is -0.249. The molecule has 0 bridgehead atoms. The van der Waals surface area contributed by atoms with Crippen molar-refractivity contribution in [2.45, 2.75) is 51.6 Å². The molecular weight excluding hydrogens is 293 g/mol. The molecule has 0 aliphatic carbocycles. The van der Waals surface area contributed by atoms with Crippen LogP contribution in [0.1, 0.15) is 34.6 Å². The van der Waals surface area contributed by atoms with Gasteiger partial charge in [0, 0.05) is 12.2 Å². The fraction of sp³-hybridized carbons (Fsp3) is 0.833. The Morgan fingerprint density at radius 1 is 1.35 bits per heavy atom. The molecular formula is C12H21F3N2O2S. The molecule has 1 amide bonds. The number of hydrogen-bond acceptors (Lipinski definition) is 3. The quantitative estimate of drug-likeness (QED) is 0.618. The number of nitrogens with zero attached hydrogens (tertiary/aromatic N) is 1. The highest BCUT2D eigenvalue weighted by Crippen LogP contribution is 2.29. The highest BCUT2D eigenvalue weighted by molar-refractivity contribution is 8.14. The van der Waals surface area contributed by atoms with Crippen LogP contribution in [-0.4, -0.2) is 39.8 Å². The molecule has 0 aliphatic rings. The van der Waals surface area contributed by atoms with E-state index >= 15 is 0 Å². The van der Waals surface area contributed by atoms with Crippen LogP contribution in [0, 0.1) is 5.92 Å². The third-order valence-electron chi connectivity index (χ3n) is 2.69. The summed E-state index contributed by atoms with van der Waals surface area (Å²) in [7, 11) is 0. The summed E-state index contributed by atoms with van der Waals surface area (Å²) in [5, 5.41) is 11.9. The van der Waals surface area contributed by atoms with E-state index in [2.05, 4.69) is 10.3 Å². The number of thioether (sulfide) groups is 1. The Morgan fingerprint density at radius 2 is 1.85 bits per heavy atom. The van der Waals surface area contributed by atoms with E-state index in [4.69, 9.17) is 0 Å². The Kier molecular flexibility index (Phi) is 7.03. The van der Waals surface area contributed by atoms with Crippen LogP contribution in [0.2, 0.25) is 0 Å². The van der Waals surface area contributed by atoms with Gasteiger partial charge in [-0.05, 0) is 12.8 Å². The van der Waals surface area contributed by atoms with Gasteiger partial charge in [-0.25, -0.2) is 0 Å². The van der Waals surface area contributed by atoms with Gasteiger partial charge in [0.1, 0.15) is 0 Å². The molecule has 118 valence electrons. The van der Waals surface area contributed by atoms with Crippen LogP contribution < -0.4 is 5.32 Å². The Bertz CT molecular complexity index is 368. The fourth-order valence-electron chi connectivity index (χ4n) is 0.911. The van der Waals surface area contributed by atoms with Crippen molar-refractivity contribution < 1.29 is 23.1 Å². The smallest absolute Gasteiger partial charge is 0.379 e. The van der Waals surface area contributed by atoms with Crippen LogP contribution in [0.3, 0.4) is 0 Å². The summed E-state index contributed by atoms with van der Waals surface area (Å²) in [5.74, 6) is -0.246. The molecule has 0 rings (SSSR count). The summed E-state index contributed by atoms with van der Waals surface area (Å²) < 4.78 is 37.6. The summed E-state index contributed by atoms with van der Waals surface area (Å²) in [4.78, 5) is 14.6. The average Bonchev–Trinajstić information content (AvgIpc) is 2.23. The molecule has 0 aromatic rings. The molecule has 2 N–H and O–H groups in total. The number of carbonyl (C=O) groups is 1. The number of carbonyl (C=O) groups excluding carboxylic acids is 1. The number of aliphatic imine (C=N–C) groups is 1. The van der Waals surface area contributed by atoms with E-state index < -0.39 is 24.2 Å². The highest BCUT2D eigenvalue weighted by Gasteiger charge is 2.49. The van der Waals surface area contributed by atoms with E-state index in [9.17, 15) is 23.1 Å². The largest absolute Gasteiger partial charge is 0.418 e. The zero-order valence-corrected chi connectivity index (χ0v) is 13.0. The number of amides is 1. The third kappa shape index (κ3) is 6.60. The third-order valence-corrected chi connectivity index (χ3v) is 4.06. The summed E-state index contributed by atoms with van der Waals surface area (Å²) in [5.41, 5.74) is -2.88. The molecule has 0 aromatic heterocycles. The molecule has 2 atom stereocenters. The average molecular weight is 314 g/mol. The van der Waals surface area contributed by atoms with Crippen molar-refractivity contribution in [2.75, 3.05) is 6.54 Å². The van der Waals surface area contributed by atoms with Crippen molar-refractivity contribution in [1.29, 1.82) is 0 Å². The predicted octanol–water partition coefficient (Wildman–Crippen LogP) is 2.57. The normalized spacial score (nSPS) is 17.8. The van der Waals surface area contributed by atoms with Gasteiger partial charge in [-0.15, -0.1) is 0 Å². The molecule has 0 aliphatic heterocycles. The standard InChI is InChI=1S/C12H21F3N2O2S/c1-7(2)8(3)20-10(17-9(4)18)16-6-11(5,19)12(13,14)15/h7-8,19H,6H2,1-5H3,(H,16,17,18). The van der Waals surface area contributed by atoms with E-state index in [0.29, 0.717) is 6.92 Å². The second kappa shape index (κ2) is 7.31. The first kappa shape index (κ1) is 19.2. The lowest BCUT2D eigenvalue weighted by Gasteiger charge is -2.27. The van der Waals surface area contributed by atoms with Gasteiger partial charge in [0.15, 0.2) is 10.8 Å². The van der Waals surface area contributed by atoms with Crippen molar-refractivity contribution in [3.05, 3.63) is 0 Å². The maximum atomic E-state index is 12.5. The number of alkyl halides is 3. The first-order chi connectivity index (χ1) is 8.86. The van der Waals surface area contributed by atoms with Crippen molar-refractivity contribution in [2.24, 2.45) is 10.9 Å². The summed E-state index contributed by atoms with van der Waals surface area (Å²) >= 11 is 1.17. The molecule has 0 heterocycles. The van der Waals surface area contributed by atoms with E-state index in [-0.39, 0.29) is 16.3 Å². The maximum absolute atomic E-state index is 12.5. The van der Waals surface area contributed by atoms with Crippen LogP contribution in [0.25, 0.3) is 0 Å². The lowest BCUT2D eigenvalue weighted by Crippen LogP contribution is -2.51. The Balaban J connectivity index is 4.82. The second-order valence-electron chi connectivity index (χ2n) is 5.13. The number of halogens is 3. The molecule has 4 nitrogen and oxygen atoms in total. The molecule has 0 saturated carbocycles. The first-order valence-corrected chi connectivity index (χ1v) is 7.03. The van der Waals surface area contributed by atoms with Gasteiger partial charge < -0.3 is 10.4 Å².